The summed E-state index contributed by atoms with van der Waals surface area (Å²) >= 11 is 0. The quantitative estimate of drug-likeness (QED) is 0.776. The van der Waals surface area contributed by atoms with E-state index in [4.69, 9.17) is 10.5 Å². The van der Waals surface area contributed by atoms with Crippen LogP contribution in [0.15, 0.2) is 30.3 Å². The maximum absolute atomic E-state index is 12.9. The van der Waals surface area contributed by atoms with Gasteiger partial charge in [-0.2, -0.15) is 0 Å². The fourth-order valence-corrected chi connectivity index (χ4v) is 3.87. The van der Waals surface area contributed by atoms with Gasteiger partial charge in [0, 0.05) is 11.1 Å². The Hall–Kier alpha value is -2.02. The average molecular weight is 383 g/mol. The lowest BCUT2D eigenvalue weighted by molar-refractivity contribution is -0.274. The van der Waals surface area contributed by atoms with Crippen LogP contribution in [0.3, 0.4) is 0 Å². The number of benzene rings is 1. The molecule has 3 aliphatic carbocycles. The van der Waals surface area contributed by atoms with Crippen LogP contribution in [0.5, 0.6) is 5.75 Å². The maximum Gasteiger partial charge on any atom is 0.573 e. The molecule has 0 heterocycles. The minimum absolute atomic E-state index is 0.268. The number of hydrogen-bond acceptors (Lipinski definition) is 4. The van der Waals surface area contributed by atoms with E-state index in [9.17, 15) is 18.0 Å². The minimum Gasteiger partial charge on any atom is -0.459 e. The summed E-state index contributed by atoms with van der Waals surface area (Å²) in [7, 11) is 0. The topological polar surface area (TPSA) is 61.5 Å². The van der Waals surface area contributed by atoms with Crippen molar-refractivity contribution in [3.05, 3.63) is 35.9 Å². The second kappa shape index (κ2) is 6.26. The molecule has 1 saturated carbocycles. The third kappa shape index (κ3) is 3.98. The number of hydrogen-bond donors (Lipinski definition) is 1. The molecule has 7 heteroatoms. The molecule has 0 atom stereocenters. The Morgan fingerprint density at radius 1 is 1.07 bits per heavy atom. The van der Waals surface area contributed by atoms with Crippen LogP contribution in [0.2, 0.25) is 0 Å². The highest BCUT2D eigenvalue weighted by molar-refractivity contribution is 5.88. The summed E-state index contributed by atoms with van der Waals surface area (Å²) in [5.41, 5.74) is 5.03. The summed E-state index contributed by atoms with van der Waals surface area (Å²) in [6.45, 7) is 5.37. The summed E-state index contributed by atoms with van der Waals surface area (Å²) < 4.78 is 48.2. The van der Waals surface area contributed by atoms with E-state index in [1.807, 2.05) is 0 Å². The van der Waals surface area contributed by atoms with Crippen LogP contribution in [0.4, 0.5) is 13.2 Å². The molecule has 0 saturated heterocycles. The van der Waals surface area contributed by atoms with Crippen molar-refractivity contribution in [2.24, 2.45) is 11.1 Å². The van der Waals surface area contributed by atoms with Gasteiger partial charge in [0.2, 0.25) is 0 Å². The molecule has 1 aromatic rings. The number of carbonyl (C=O) groups excluding carboxylic acids is 1. The molecule has 0 spiro atoms. The van der Waals surface area contributed by atoms with Crippen LogP contribution in [-0.4, -0.2) is 23.5 Å². The first kappa shape index (κ1) is 19.7. The van der Waals surface area contributed by atoms with E-state index in [-0.39, 0.29) is 17.3 Å². The Labute approximate surface area is 156 Å². The van der Waals surface area contributed by atoms with Gasteiger partial charge < -0.3 is 15.2 Å². The normalized spacial score (nSPS) is 27.9. The van der Waals surface area contributed by atoms with E-state index in [2.05, 4.69) is 4.74 Å². The lowest BCUT2D eigenvalue weighted by Gasteiger charge is -2.49. The predicted octanol–water partition coefficient (Wildman–Crippen LogP) is 4.58. The molecule has 1 fully saturated rings. The number of rotatable bonds is 3. The molecule has 2 bridgehead atoms. The summed E-state index contributed by atoms with van der Waals surface area (Å²) in [5.74, 6) is -0.670. The van der Waals surface area contributed by atoms with Crippen molar-refractivity contribution < 1.29 is 27.4 Å². The highest BCUT2D eigenvalue weighted by Gasteiger charge is 2.53. The zero-order chi connectivity index (χ0) is 20.1. The van der Waals surface area contributed by atoms with Crippen molar-refractivity contribution in [3.8, 4) is 5.75 Å². The Bertz CT molecular complexity index is 769. The van der Waals surface area contributed by atoms with Gasteiger partial charge in [0.25, 0.3) is 0 Å². The van der Waals surface area contributed by atoms with E-state index in [0.29, 0.717) is 31.3 Å². The molecule has 148 valence electrons. The van der Waals surface area contributed by atoms with Crippen molar-refractivity contribution in [2.75, 3.05) is 0 Å². The Morgan fingerprint density at radius 2 is 1.67 bits per heavy atom. The molecule has 27 heavy (non-hydrogen) atoms. The predicted molar refractivity (Wildman–Crippen MR) is 94.8 cm³/mol. The maximum atomic E-state index is 12.9. The van der Waals surface area contributed by atoms with Crippen molar-refractivity contribution >= 4 is 11.5 Å². The zero-order valence-electron chi connectivity index (χ0n) is 15.7. The van der Waals surface area contributed by atoms with Gasteiger partial charge in [0.05, 0.1) is 5.41 Å². The largest absolute Gasteiger partial charge is 0.573 e. The van der Waals surface area contributed by atoms with Gasteiger partial charge in [-0.25, -0.2) is 0 Å². The van der Waals surface area contributed by atoms with Crippen molar-refractivity contribution in [1.82, 2.24) is 0 Å². The number of fused-ring (bicyclic) bond motifs is 2. The fraction of sp³-hybridized carbons (Fsp3) is 0.550. The number of para-hydroxylation sites is 1. The summed E-state index contributed by atoms with van der Waals surface area (Å²) in [5, 5.41) is 0. The third-order valence-electron chi connectivity index (χ3n) is 5.20. The minimum atomic E-state index is -4.81. The van der Waals surface area contributed by atoms with Crippen molar-refractivity contribution in [1.29, 1.82) is 0 Å². The van der Waals surface area contributed by atoms with Gasteiger partial charge >= 0.3 is 12.3 Å². The van der Waals surface area contributed by atoms with E-state index in [1.54, 1.807) is 39.0 Å². The molecule has 0 amide bonds. The number of carbonyl (C=O) groups is 1. The molecule has 4 nitrogen and oxygen atoms in total. The SMILES string of the molecule is CC(C)(C)OC(=O)C12C=C(c3ccccc3OC(F)(F)F)C(N)(CC1)CC2. The number of nitrogens with two attached hydrogens (primary N) is 1. The van der Waals surface area contributed by atoms with Gasteiger partial charge in [0.15, 0.2) is 0 Å². The van der Waals surface area contributed by atoms with E-state index in [1.165, 1.54) is 12.1 Å². The molecular formula is C20H24F3NO3. The molecule has 0 radical (unpaired) electrons. The summed E-state index contributed by atoms with van der Waals surface area (Å²) in [6.07, 6.45) is -1.06. The van der Waals surface area contributed by atoms with Gasteiger partial charge in [-0.3, -0.25) is 4.79 Å². The summed E-state index contributed by atoms with van der Waals surface area (Å²) in [6, 6.07) is 5.91. The standard InChI is InChI=1S/C20H24F3NO3/c1-17(2,3)27-16(25)18-8-10-19(24,11-9-18)14(12-18)13-6-4-5-7-15(13)26-20(21,22)23/h4-7,12H,8-11,24H2,1-3H3. The van der Waals surface area contributed by atoms with Crippen LogP contribution in [0.25, 0.3) is 5.57 Å². The average Bonchev–Trinajstić information content (AvgIpc) is 2.53. The molecule has 0 aliphatic heterocycles. The first-order valence-electron chi connectivity index (χ1n) is 8.95. The molecule has 4 rings (SSSR count). The van der Waals surface area contributed by atoms with E-state index < -0.39 is 22.9 Å². The van der Waals surface area contributed by atoms with Crippen LogP contribution >= 0.6 is 0 Å². The number of alkyl halides is 3. The first-order valence-corrected chi connectivity index (χ1v) is 8.95. The Kier molecular flexibility index (Phi) is 4.57. The zero-order valence-corrected chi connectivity index (χ0v) is 15.7. The highest BCUT2D eigenvalue weighted by atomic mass is 19.4. The lowest BCUT2D eigenvalue weighted by atomic mass is 9.57. The number of halogens is 3. The second-order valence-corrected chi connectivity index (χ2v) is 8.42. The number of esters is 1. The second-order valence-electron chi connectivity index (χ2n) is 8.42. The van der Waals surface area contributed by atoms with Gasteiger partial charge in [-0.05, 0) is 58.1 Å². The van der Waals surface area contributed by atoms with Gasteiger partial charge in [-0.15, -0.1) is 13.2 Å². The smallest absolute Gasteiger partial charge is 0.459 e. The fourth-order valence-electron chi connectivity index (χ4n) is 3.87. The van der Waals surface area contributed by atoms with Gasteiger partial charge in [0.1, 0.15) is 11.4 Å². The molecule has 3 aliphatic rings. The summed E-state index contributed by atoms with van der Waals surface area (Å²) in [4.78, 5) is 12.9. The van der Waals surface area contributed by atoms with Crippen molar-refractivity contribution in [3.63, 3.8) is 0 Å². The molecule has 2 N–H and O–H groups in total. The lowest BCUT2D eigenvalue weighted by Crippen LogP contribution is -2.54. The van der Waals surface area contributed by atoms with Gasteiger partial charge in [-0.1, -0.05) is 24.3 Å². The van der Waals surface area contributed by atoms with E-state index >= 15 is 0 Å². The number of ether oxygens (including phenoxy) is 2. The first-order chi connectivity index (χ1) is 12.3. The van der Waals surface area contributed by atoms with Crippen molar-refractivity contribution in [2.45, 2.75) is 64.0 Å². The molecule has 0 unspecified atom stereocenters. The van der Waals surface area contributed by atoms with Crippen LogP contribution in [-0.2, 0) is 9.53 Å². The molecule has 1 aromatic carbocycles. The van der Waals surface area contributed by atoms with Crippen LogP contribution in [0.1, 0.15) is 52.0 Å². The Balaban J connectivity index is 2.05. The van der Waals surface area contributed by atoms with Crippen LogP contribution < -0.4 is 10.5 Å². The third-order valence-corrected chi connectivity index (χ3v) is 5.20. The molecular weight excluding hydrogens is 359 g/mol. The van der Waals surface area contributed by atoms with Crippen LogP contribution in [0, 0.1) is 5.41 Å². The highest BCUT2D eigenvalue weighted by Crippen LogP contribution is 2.55. The Morgan fingerprint density at radius 3 is 2.22 bits per heavy atom. The van der Waals surface area contributed by atoms with E-state index in [0.717, 1.165) is 0 Å². The molecule has 0 aromatic heterocycles. The monoisotopic (exact) mass is 383 g/mol.